The van der Waals surface area contributed by atoms with Crippen molar-refractivity contribution in [1.29, 1.82) is 0 Å². The molecule has 3 rings (SSSR count). The number of nitrogens with zero attached hydrogens (tertiary/aromatic N) is 1. The molecule has 1 aromatic rings. The average molecular weight is 272 g/mol. The minimum Gasteiger partial charge on any atom is -0.335 e. The minimum absolute atomic E-state index is 0.0920. The molecule has 1 saturated carbocycles. The lowest BCUT2D eigenvalue weighted by atomic mass is 10.1. The van der Waals surface area contributed by atoms with Crippen molar-refractivity contribution in [3.8, 4) is 0 Å². The normalized spacial score (nSPS) is 23.2. The van der Waals surface area contributed by atoms with E-state index in [9.17, 15) is 4.79 Å². The summed E-state index contributed by atoms with van der Waals surface area (Å²) < 4.78 is 0. The molecule has 108 valence electrons. The van der Waals surface area contributed by atoms with Gasteiger partial charge in [0.05, 0.1) is 0 Å². The molecule has 0 bridgehead atoms. The van der Waals surface area contributed by atoms with Gasteiger partial charge in [0.2, 0.25) is 0 Å². The monoisotopic (exact) mass is 272 g/mol. The zero-order chi connectivity index (χ0) is 13.9. The Kier molecular flexibility index (Phi) is 3.95. The first kappa shape index (κ1) is 13.5. The predicted octanol–water partition coefficient (Wildman–Crippen LogP) is 3.87. The van der Waals surface area contributed by atoms with E-state index in [1.807, 2.05) is 11.0 Å². The van der Waals surface area contributed by atoms with E-state index in [2.05, 4.69) is 30.4 Å². The van der Waals surface area contributed by atoms with Gasteiger partial charge < -0.3 is 5.32 Å². The van der Waals surface area contributed by atoms with E-state index in [0.29, 0.717) is 6.04 Å². The molecule has 1 atom stereocenters. The topological polar surface area (TPSA) is 32.3 Å². The fourth-order valence-electron chi connectivity index (χ4n) is 3.54. The Hall–Kier alpha value is -1.51. The number of hydrogen-bond acceptors (Lipinski definition) is 1. The predicted molar refractivity (Wildman–Crippen MR) is 82.1 cm³/mol. The van der Waals surface area contributed by atoms with Gasteiger partial charge in [-0.25, -0.2) is 4.79 Å². The van der Waals surface area contributed by atoms with Gasteiger partial charge in [-0.1, -0.05) is 43.9 Å². The highest BCUT2D eigenvalue weighted by molar-refractivity contribution is 5.95. The van der Waals surface area contributed by atoms with E-state index in [1.54, 1.807) is 0 Å². The van der Waals surface area contributed by atoms with Gasteiger partial charge in [-0.05, 0) is 37.8 Å². The van der Waals surface area contributed by atoms with E-state index in [1.165, 1.54) is 31.2 Å². The third-order valence-corrected chi connectivity index (χ3v) is 4.61. The summed E-state index contributed by atoms with van der Waals surface area (Å²) in [5.74, 6) is 0. The molecule has 1 aliphatic heterocycles. The van der Waals surface area contributed by atoms with Gasteiger partial charge >= 0.3 is 6.03 Å². The van der Waals surface area contributed by atoms with Gasteiger partial charge in [0.25, 0.3) is 0 Å². The van der Waals surface area contributed by atoms with Crippen LogP contribution >= 0.6 is 0 Å². The van der Waals surface area contributed by atoms with Gasteiger partial charge in [-0.2, -0.15) is 0 Å². The van der Waals surface area contributed by atoms with Crippen molar-refractivity contribution in [3.05, 3.63) is 29.8 Å². The Bertz CT molecular complexity index is 478. The SMILES string of the molecule is C[C@H]1Cc2ccccc2N1C(=O)NC1CCCCCC1. The number of nitrogens with one attached hydrogen (secondary N) is 1. The maximum Gasteiger partial charge on any atom is 0.322 e. The second kappa shape index (κ2) is 5.86. The van der Waals surface area contributed by atoms with Crippen LogP contribution in [0.4, 0.5) is 10.5 Å². The van der Waals surface area contributed by atoms with E-state index >= 15 is 0 Å². The van der Waals surface area contributed by atoms with Gasteiger partial charge in [-0.3, -0.25) is 4.90 Å². The quantitative estimate of drug-likeness (QED) is 0.773. The number of fused-ring (bicyclic) bond motifs is 1. The highest BCUT2D eigenvalue weighted by atomic mass is 16.2. The van der Waals surface area contributed by atoms with Gasteiger partial charge in [0.1, 0.15) is 0 Å². The number of carbonyl (C=O) groups excluding carboxylic acids is 1. The van der Waals surface area contributed by atoms with Crippen molar-refractivity contribution >= 4 is 11.7 Å². The largest absolute Gasteiger partial charge is 0.335 e. The van der Waals surface area contributed by atoms with Crippen LogP contribution in [0, 0.1) is 0 Å². The summed E-state index contributed by atoms with van der Waals surface area (Å²) in [4.78, 5) is 14.6. The van der Waals surface area contributed by atoms with Gasteiger partial charge in [0.15, 0.2) is 0 Å². The van der Waals surface area contributed by atoms with E-state index in [0.717, 1.165) is 24.9 Å². The third kappa shape index (κ3) is 2.67. The number of carbonyl (C=O) groups is 1. The second-order valence-electron chi connectivity index (χ2n) is 6.19. The van der Waals surface area contributed by atoms with Crippen LogP contribution in [0.15, 0.2) is 24.3 Å². The Morgan fingerprint density at radius 3 is 2.60 bits per heavy atom. The first-order valence-electron chi connectivity index (χ1n) is 7.93. The standard InChI is InChI=1S/C17H24N2O/c1-13-12-14-8-6-7-11-16(14)19(13)17(20)18-15-9-4-2-3-5-10-15/h6-8,11,13,15H,2-5,9-10,12H2,1H3,(H,18,20)/t13-/m0/s1. The van der Waals surface area contributed by atoms with Crippen LogP contribution < -0.4 is 10.2 Å². The van der Waals surface area contributed by atoms with Crippen LogP contribution in [0.5, 0.6) is 0 Å². The Balaban J connectivity index is 1.70. The fourth-order valence-corrected chi connectivity index (χ4v) is 3.54. The van der Waals surface area contributed by atoms with Crippen molar-refractivity contribution in [2.24, 2.45) is 0 Å². The number of hydrogen-bond donors (Lipinski definition) is 1. The minimum atomic E-state index is 0.0920. The Labute approximate surface area is 121 Å². The molecule has 0 saturated heterocycles. The molecule has 2 aliphatic rings. The molecule has 1 aromatic carbocycles. The zero-order valence-corrected chi connectivity index (χ0v) is 12.3. The zero-order valence-electron chi connectivity index (χ0n) is 12.3. The molecule has 0 aromatic heterocycles. The number of benzene rings is 1. The Morgan fingerprint density at radius 1 is 1.15 bits per heavy atom. The molecular formula is C17H24N2O. The Morgan fingerprint density at radius 2 is 1.85 bits per heavy atom. The van der Waals surface area contributed by atoms with Crippen LogP contribution in [0.3, 0.4) is 0 Å². The molecule has 1 fully saturated rings. The summed E-state index contributed by atoms with van der Waals surface area (Å²) in [6.45, 7) is 2.13. The number of urea groups is 1. The smallest absolute Gasteiger partial charge is 0.322 e. The number of amides is 2. The summed E-state index contributed by atoms with van der Waals surface area (Å²) in [6.07, 6.45) is 8.36. The molecular weight excluding hydrogens is 248 g/mol. The number of para-hydroxylation sites is 1. The average Bonchev–Trinajstić information content (AvgIpc) is 2.60. The molecule has 3 nitrogen and oxygen atoms in total. The highest BCUT2D eigenvalue weighted by Gasteiger charge is 2.31. The molecule has 0 spiro atoms. The molecule has 3 heteroatoms. The van der Waals surface area contributed by atoms with Gasteiger partial charge in [-0.15, -0.1) is 0 Å². The van der Waals surface area contributed by atoms with Crippen molar-refractivity contribution in [3.63, 3.8) is 0 Å². The summed E-state index contributed by atoms with van der Waals surface area (Å²) in [6, 6.07) is 8.98. The lowest BCUT2D eigenvalue weighted by molar-refractivity contribution is 0.240. The van der Waals surface area contributed by atoms with Crippen LogP contribution in [-0.2, 0) is 6.42 Å². The van der Waals surface area contributed by atoms with E-state index in [-0.39, 0.29) is 12.1 Å². The van der Waals surface area contributed by atoms with Crippen molar-refractivity contribution in [1.82, 2.24) is 5.32 Å². The molecule has 0 radical (unpaired) electrons. The number of anilines is 1. The van der Waals surface area contributed by atoms with Crippen LogP contribution in [0.25, 0.3) is 0 Å². The first-order chi connectivity index (χ1) is 9.75. The van der Waals surface area contributed by atoms with Crippen LogP contribution in [-0.4, -0.2) is 18.1 Å². The summed E-state index contributed by atoms with van der Waals surface area (Å²) >= 11 is 0. The van der Waals surface area contributed by atoms with Crippen LogP contribution in [0.2, 0.25) is 0 Å². The molecule has 1 N–H and O–H groups in total. The van der Waals surface area contributed by atoms with E-state index < -0.39 is 0 Å². The summed E-state index contributed by atoms with van der Waals surface area (Å²) in [7, 11) is 0. The fraction of sp³-hybridized carbons (Fsp3) is 0.588. The molecule has 2 amide bonds. The first-order valence-corrected chi connectivity index (χ1v) is 7.93. The summed E-state index contributed by atoms with van der Waals surface area (Å²) in [5, 5.41) is 3.26. The van der Waals surface area contributed by atoms with E-state index in [4.69, 9.17) is 0 Å². The molecule has 1 aliphatic carbocycles. The number of rotatable bonds is 1. The lowest BCUT2D eigenvalue weighted by Gasteiger charge is -2.26. The summed E-state index contributed by atoms with van der Waals surface area (Å²) in [5.41, 5.74) is 2.38. The maximum atomic E-state index is 12.6. The lowest BCUT2D eigenvalue weighted by Crippen LogP contribution is -2.47. The van der Waals surface area contributed by atoms with Crippen molar-refractivity contribution < 1.29 is 4.79 Å². The third-order valence-electron chi connectivity index (χ3n) is 4.61. The van der Waals surface area contributed by atoms with Crippen molar-refractivity contribution in [2.45, 2.75) is 64.0 Å². The van der Waals surface area contributed by atoms with Crippen LogP contribution in [0.1, 0.15) is 51.0 Å². The van der Waals surface area contributed by atoms with Crippen molar-refractivity contribution in [2.75, 3.05) is 4.90 Å². The maximum absolute atomic E-state index is 12.6. The molecule has 0 unspecified atom stereocenters. The molecule has 1 heterocycles. The van der Waals surface area contributed by atoms with Gasteiger partial charge in [0, 0.05) is 17.8 Å². The molecule has 20 heavy (non-hydrogen) atoms. The second-order valence-corrected chi connectivity index (χ2v) is 6.19. The highest BCUT2D eigenvalue weighted by Crippen LogP contribution is 2.32.